The lowest BCUT2D eigenvalue weighted by Gasteiger charge is -2.22. The van der Waals surface area contributed by atoms with Gasteiger partial charge in [0.1, 0.15) is 5.76 Å². The molecule has 0 spiro atoms. The van der Waals surface area contributed by atoms with E-state index in [0.29, 0.717) is 5.76 Å². The molecule has 2 aromatic rings. The molecule has 0 radical (unpaired) electrons. The van der Waals surface area contributed by atoms with Gasteiger partial charge in [-0.3, -0.25) is 9.59 Å². The van der Waals surface area contributed by atoms with Gasteiger partial charge in [-0.2, -0.15) is 0 Å². The highest BCUT2D eigenvalue weighted by atomic mass is 16.4. The van der Waals surface area contributed by atoms with Crippen molar-refractivity contribution in [2.24, 2.45) is 0 Å². The zero-order chi connectivity index (χ0) is 15.5. The second kappa shape index (κ2) is 5.97. The van der Waals surface area contributed by atoms with Gasteiger partial charge in [-0.15, -0.1) is 0 Å². The van der Waals surface area contributed by atoms with E-state index in [4.69, 9.17) is 9.52 Å². The highest BCUT2D eigenvalue weighted by Gasteiger charge is 2.22. The van der Waals surface area contributed by atoms with Crippen LogP contribution in [0.3, 0.4) is 0 Å². The van der Waals surface area contributed by atoms with Gasteiger partial charge in [0.05, 0.1) is 18.7 Å². The van der Waals surface area contributed by atoms with Crippen LogP contribution in [0.1, 0.15) is 30.2 Å². The molecule has 21 heavy (non-hydrogen) atoms. The Morgan fingerprint density at radius 1 is 1.33 bits per heavy atom. The van der Waals surface area contributed by atoms with Crippen molar-refractivity contribution in [2.75, 3.05) is 6.61 Å². The summed E-state index contributed by atoms with van der Waals surface area (Å²) >= 11 is 0. The Morgan fingerprint density at radius 3 is 2.76 bits per heavy atom. The number of aliphatic hydroxyl groups excluding tert-OH is 1. The van der Waals surface area contributed by atoms with Gasteiger partial charge in [0.2, 0.25) is 0 Å². The van der Waals surface area contributed by atoms with Crippen LogP contribution in [0.25, 0.3) is 0 Å². The molecular formula is C15H18N2O4. The first-order valence-electron chi connectivity index (χ1n) is 6.59. The van der Waals surface area contributed by atoms with Crippen molar-refractivity contribution in [1.29, 1.82) is 0 Å². The van der Waals surface area contributed by atoms with Crippen molar-refractivity contribution < 1.29 is 14.3 Å². The van der Waals surface area contributed by atoms with E-state index in [9.17, 15) is 9.59 Å². The van der Waals surface area contributed by atoms with Crippen LogP contribution in [-0.4, -0.2) is 27.7 Å². The quantitative estimate of drug-likeness (QED) is 0.860. The fraction of sp³-hybridized carbons (Fsp3) is 0.333. The number of amides is 1. The predicted octanol–water partition coefficient (Wildman–Crippen LogP) is 0.990. The van der Waals surface area contributed by atoms with E-state index >= 15 is 0 Å². The Bertz CT molecular complexity index is 685. The summed E-state index contributed by atoms with van der Waals surface area (Å²) in [6, 6.07) is 8.07. The second-order valence-electron chi connectivity index (χ2n) is 5.43. The molecule has 2 N–H and O–H groups in total. The zero-order valence-corrected chi connectivity index (χ0v) is 12.0. The number of rotatable bonds is 5. The first-order chi connectivity index (χ1) is 9.91. The van der Waals surface area contributed by atoms with E-state index in [1.54, 1.807) is 44.3 Å². The number of pyridine rings is 1. The van der Waals surface area contributed by atoms with Crippen molar-refractivity contribution in [3.8, 4) is 0 Å². The zero-order valence-electron chi connectivity index (χ0n) is 12.0. The Morgan fingerprint density at radius 2 is 2.10 bits per heavy atom. The number of aliphatic hydroxyl groups is 1. The van der Waals surface area contributed by atoms with E-state index < -0.39 is 11.4 Å². The van der Waals surface area contributed by atoms with Gasteiger partial charge in [-0.25, -0.2) is 0 Å². The van der Waals surface area contributed by atoms with Crippen LogP contribution in [0.2, 0.25) is 0 Å². The van der Waals surface area contributed by atoms with Crippen molar-refractivity contribution in [3.05, 3.63) is 58.4 Å². The molecule has 0 saturated carbocycles. The summed E-state index contributed by atoms with van der Waals surface area (Å²) in [5, 5.41) is 11.8. The van der Waals surface area contributed by atoms with Gasteiger partial charge in [0.25, 0.3) is 11.5 Å². The maximum atomic E-state index is 12.0. The molecule has 0 aliphatic carbocycles. The molecule has 0 unspecified atom stereocenters. The lowest BCUT2D eigenvalue weighted by Crippen LogP contribution is -2.46. The standard InChI is InChI=1S/C15H18N2O4/c1-15(2,10-18)16-14(20)12-7-6-11(21-12)9-17-8-4-3-5-13(17)19/h3-8,18H,9-10H2,1-2H3,(H,16,20). The molecule has 0 atom stereocenters. The highest BCUT2D eigenvalue weighted by Crippen LogP contribution is 2.11. The fourth-order valence-electron chi connectivity index (χ4n) is 1.75. The molecule has 6 heteroatoms. The third kappa shape index (κ3) is 3.82. The maximum absolute atomic E-state index is 12.0. The average molecular weight is 290 g/mol. The molecule has 0 bridgehead atoms. The van der Waals surface area contributed by atoms with Crippen LogP contribution in [0.15, 0.2) is 45.7 Å². The van der Waals surface area contributed by atoms with Crippen molar-refractivity contribution in [2.45, 2.75) is 25.9 Å². The van der Waals surface area contributed by atoms with Gasteiger partial charge >= 0.3 is 0 Å². The Balaban J connectivity index is 2.10. The third-order valence-corrected chi connectivity index (χ3v) is 2.96. The molecule has 2 rings (SSSR count). The average Bonchev–Trinajstić information content (AvgIpc) is 2.90. The fourth-order valence-corrected chi connectivity index (χ4v) is 1.75. The predicted molar refractivity (Wildman–Crippen MR) is 77.1 cm³/mol. The van der Waals surface area contributed by atoms with Crippen molar-refractivity contribution >= 4 is 5.91 Å². The molecule has 0 fully saturated rings. The summed E-state index contributed by atoms with van der Waals surface area (Å²) in [5.74, 6) is 0.256. The lowest BCUT2D eigenvalue weighted by molar-refractivity contribution is 0.0839. The third-order valence-electron chi connectivity index (χ3n) is 2.96. The molecule has 1 amide bonds. The SMILES string of the molecule is CC(C)(CO)NC(=O)c1ccc(Cn2ccccc2=O)o1. The molecule has 2 aromatic heterocycles. The van der Waals surface area contributed by atoms with E-state index in [0.717, 1.165) is 0 Å². The number of carbonyl (C=O) groups is 1. The van der Waals surface area contributed by atoms with Gasteiger partial charge in [0.15, 0.2) is 5.76 Å². The van der Waals surface area contributed by atoms with E-state index in [1.807, 2.05) is 0 Å². The van der Waals surface area contributed by atoms with Crippen LogP contribution in [0.4, 0.5) is 0 Å². The van der Waals surface area contributed by atoms with Crippen LogP contribution in [0.5, 0.6) is 0 Å². The monoisotopic (exact) mass is 290 g/mol. The minimum Gasteiger partial charge on any atom is -0.454 e. The number of carbonyl (C=O) groups excluding carboxylic acids is 1. The van der Waals surface area contributed by atoms with Crippen LogP contribution in [0, 0.1) is 0 Å². The van der Waals surface area contributed by atoms with Crippen molar-refractivity contribution in [1.82, 2.24) is 9.88 Å². The highest BCUT2D eigenvalue weighted by molar-refractivity contribution is 5.92. The van der Waals surface area contributed by atoms with E-state index in [-0.39, 0.29) is 24.5 Å². The van der Waals surface area contributed by atoms with Gasteiger partial charge in [0, 0.05) is 12.3 Å². The number of nitrogens with zero attached hydrogens (tertiary/aromatic N) is 1. The normalized spacial score (nSPS) is 11.4. The molecule has 0 aliphatic heterocycles. The number of aromatic nitrogens is 1. The Hall–Kier alpha value is -2.34. The summed E-state index contributed by atoms with van der Waals surface area (Å²) in [6.07, 6.45) is 1.65. The second-order valence-corrected chi connectivity index (χ2v) is 5.43. The number of furan rings is 1. The largest absolute Gasteiger partial charge is 0.454 e. The molecule has 112 valence electrons. The van der Waals surface area contributed by atoms with Crippen LogP contribution in [-0.2, 0) is 6.54 Å². The maximum Gasteiger partial charge on any atom is 0.287 e. The smallest absolute Gasteiger partial charge is 0.287 e. The summed E-state index contributed by atoms with van der Waals surface area (Å²) in [6.45, 7) is 3.50. The minimum atomic E-state index is -0.722. The summed E-state index contributed by atoms with van der Waals surface area (Å²) in [4.78, 5) is 23.6. The Kier molecular flexibility index (Phi) is 4.28. The molecule has 0 aliphatic rings. The summed E-state index contributed by atoms with van der Waals surface area (Å²) < 4.78 is 6.93. The first-order valence-corrected chi connectivity index (χ1v) is 6.59. The number of hydrogen-bond donors (Lipinski definition) is 2. The minimum absolute atomic E-state index is 0.138. The summed E-state index contributed by atoms with van der Waals surface area (Å²) in [5.41, 5.74) is -0.859. The van der Waals surface area contributed by atoms with Crippen LogP contribution < -0.4 is 10.9 Å². The van der Waals surface area contributed by atoms with E-state index in [1.165, 1.54) is 10.6 Å². The summed E-state index contributed by atoms with van der Waals surface area (Å²) in [7, 11) is 0. The van der Waals surface area contributed by atoms with Crippen LogP contribution >= 0.6 is 0 Å². The molecule has 2 heterocycles. The van der Waals surface area contributed by atoms with Gasteiger partial charge < -0.3 is 19.4 Å². The molecule has 0 saturated heterocycles. The lowest BCUT2D eigenvalue weighted by atomic mass is 10.1. The first kappa shape index (κ1) is 15.1. The van der Waals surface area contributed by atoms with Gasteiger partial charge in [-0.1, -0.05) is 6.07 Å². The van der Waals surface area contributed by atoms with E-state index in [2.05, 4.69) is 5.32 Å². The molecule has 0 aromatic carbocycles. The van der Waals surface area contributed by atoms with Crippen molar-refractivity contribution in [3.63, 3.8) is 0 Å². The van der Waals surface area contributed by atoms with Gasteiger partial charge in [-0.05, 0) is 32.0 Å². The number of hydrogen-bond acceptors (Lipinski definition) is 4. The topological polar surface area (TPSA) is 84.5 Å². The number of nitrogens with one attached hydrogen (secondary N) is 1. The molecule has 6 nitrogen and oxygen atoms in total. The Labute approximate surface area is 122 Å². The molecular weight excluding hydrogens is 272 g/mol.